The van der Waals surface area contributed by atoms with Crippen LogP contribution in [0.15, 0.2) is 60.7 Å². The van der Waals surface area contributed by atoms with Crippen LogP contribution in [0.1, 0.15) is 34.8 Å². The molecular weight excluding hydrogens is 438 g/mol. The lowest BCUT2D eigenvalue weighted by Gasteiger charge is -2.36. The fraction of sp³-hybridized carbons (Fsp3) is 0.357. The van der Waals surface area contributed by atoms with Gasteiger partial charge in [0.05, 0.1) is 5.69 Å². The minimum absolute atomic E-state index is 0.0131. The number of amides is 2. The van der Waals surface area contributed by atoms with Gasteiger partial charge in [0.2, 0.25) is 5.91 Å². The molecule has 1 aromatic heterocycles. The number of hydrogen-bond donors (Lipinski definition) is 0. The quantitative estimate of drug-likeness (QED) is 0.522. The summed E-state index contributed by atoms with van der Waals surface area (Å²) in [5.74, 6) is 0.719. The van der Waals surface area contributed by atoms with Gasteiger partial charge in [-0.25, -0.2) is 0 Å². The molecule has 0 spiro atoms. The lowest BCUT2D eigenvalue weighted by atomic mass is 10.1. The predicted octanol–water partition coefficient (Wildman–Crippen LogP) is 3.96. The molecule has 0 radical (unpaired) electrons. The zero-order valence-corrected chi connectivity index (χ0v) is 20.8. The van der Waals surface area contributed by atoms with Crippen molar-refractivity contribution in [1.29, 1.82) is 0 Å². The van der Waals surface area contributed by atoms with E-state index in [1.54, 1.807) is 4.90 Å². The molecule has 35 heavy (non-hydrogen) atoms. The Morgan fingerprint density at radius 1 is 0.886 bits per heavy atom. The molecule has 3 aromatic rings. The second-order valence-corrected chi connectivity index (χ2v) is 9.05. The minimum atomic E-state index is -0.0825. The first kappa shape index (κ1) is 24.4. The number of benzene rings is 2. The molecule has 0 atom stereocenters. The smallest absolute Gasteiger partial charge is 0.254 e. The van der Waals surface area contributed by atoms with Crippen LogP contribution in [0.25, 0.3) is 11.3 Å². The van der Waals surface area contributed by atoms with Crippen molar-refractivity contribution in [2.75, 3.05) is 44.2 Å². The summed E-state index contributed by atoms with van der Waals surface area (Å²) in [5, 5.41) is 8.84. The summed E-state index contributed by atoms with van der Waals surface area (Å²) >= 11 is 0. The van der Waals surface area contributed by atoms with Crippen LogP contribution in [0, 0.1) is 13.8 Å². The molecule has 7 nitrogen and oxygen atoms in total. The van der Waals surface area contributed by atoms with Crippen molar-refractivity contribution < 1.29 is 9.59 Å². The van der Waals surface area contributed by atoms with E-state index in [0.29, 0.717) is 38.3 Å². The molecule has 0 unspecified atom stereocenters. The van der Waals surface area contributed by atoms with Crippen molar-refractivity contribution in [2.24, 2.45) is 0 Å². The third-order valence-corrected chi connectivity index (χ3v) is 6.44. The number of nitrogens with zero attached hydrogens (tertiary/aromatic N) is 5. The number of piperazine rings is 1. The Kier molecular flexibility index (Phi) is 7.75. The third kappa shape index (κ3) is 5.85. The van der Waals surface area contributed by atoms with Gasteiger partial charge in [-0.2, -0.15) is 0 Å². The Morgan fingerprint density at radius 3 is 2.23 bits per heavy atom. The lowest BCUT2D eigenvalue weighted by molar-refractivity contribution is -0.132. The largest absolute Gasteiger partial charge is 0.352 e. The van der Waals surface area contributed by atoms with E-state index >= 15 is 0 Å². The van der Waals surface area contributed by atoms with Gasteiger partial charge in [-0.15, -0.1) is 10.2 Å². The summed E-state index contributed by atoms with van der Waals surface area (Å²) < 4.78 is 0. The Bertz CT molecular complexity index is 1150. The number of aromatic nitrogens is 2. The number of carbonyl (C=O) groups is 2. The van der Waals surface area contributed by atoms with Gasteiger partial charge in [0.15, 0.2) is 5.82 Å². The van der Waals surface area contributed by atoms with E-state index in [1.807, 2.05) is 55.1 Å². The maximum absolute atomic E-state index is 13.1. The maximum Gasteiger partial charge on any atom is 0.254 e. The zero-order valence-electron chi connectivity index (χ0n) is 20.8. The third-order valence-electron chi connectivity index (χ3n) is 6.44. The number of anilines is 1. The molecule has 2 heterocycles. The van der Waals surface area contributed by atoms with Gasteiger partial charge in [0.1, 0.15) is 6.54 Å². The van der Waals surface area contributed by atoms with E-state index < -0.39 is 0 Å². The summed E-state index contributed by atoms with van der Waals surface area (Å²) in [7, 11) is 0. The normalized spacial score (nSPS) is 13.6. The van der Waals surface area contributed by atoms with Crippen molar-refractivity contribution in [1.82, 2.24) is 20.0 Å². The fourth-order valence-electron chi connectivity index (χ4n) is 4.33. The van der Waals surface area contributed by atoms with Crippen molar-refractivity contribution in [2.45, 2.75) is 27.2 Å². The molecule has 2 amide bonds. The minimum Gasteiger partial charge on any atom is -0.352 e. The average molecular weight is 472 g/mol. The van der Waals surface area contributed by atoms with Gasteiger partial charge < -0.3 is 14.7 Å². The second kappa shape index (κ2) is 11.1. The van der Waals surface area contributed by atoms with Crippen molar-refractivity contribution in [3.8, 4) is 11.3 Å². The molecule has 1 saturated heterocycles. The Morgan fingerprint density at radius 2 is 1.60 bits per heavy atom. The number of hydrogen-bond acceptors (Lipinski definition) is 5. The molecule has 182 valence electrons. The number of aryl methyl sites for hydroxylation is 2. The van der Waals surface area contributed by atoms with Gasteiger partial charge in [0, 0.05) is 43.9 Å². The van der Waals surface area contributed by atoms with Crippen LogP contribution in [-0.2, 0) is 4.79 Å². The van der Waals surface area contributed by atoms with Crippen molar-refractivity contribution >= 4 is 17.6 Å². The molecule has 2 aromatic carbocycles. The Hall–Kier alpha value is -3.74. The maximum atomic E-state index is 13.1. The highest BCUT2D eigenvalue weighted by Gasteiger charge is 2.26. The molecule has 0 bridgehead atoms. The molecule has 1 aliphatic heterocycles. The molecule has 1 aliphatic rings. The summed E-state index contributed by atoms with van der Waals surface area (Å²) in [6, 6.07) is 19.7. The van der Waals surface area contributed by atoms with Gasteiger partial charge in [-0.3, -0.25) is 9.59 Å². The highest BCUT2D eigenvalue weighted by molar-refractivity contribution is 5.97. The van der Waals surface area contributed by atoms with E-state index in [0.717, 1.165) is 29.1 Å². The number of rotatable bonds is 7. The highest BCUT2D eigenvalue weighted by Crippen LogP contribution is 2.20. The topological polar surface area (TPSA) is 69.6 Å². The standard InChI is InChI=1S/C28H33N5O2/c1-4-15-33(28(35)24-8-6-5-7-22(24)3)20-27(34)32-18-16-31(17-19-32)26-14-13-25(29-30-26)23-11-9-21(2)10-12-23/h5-14H,4,15-20H2,1-3H3. The van der Waals surface area contributed by atoms with Crippen LogP contribution in [-0.4, -0.2) is 71.1 Å². The lowest BCUT2D eigenvalue weighted by Crippen LogP contribution is -2.52. The van der Waals surface area contributed by atoms with Crippen LogP contribution in [0.5, 0.6) is 0 Å². The molecule has 1 fully saturated rings. The van der Waals surface area contributed by atoms with Crippen LogP contribution in [0.2, 0.25) is 0 Å². The molecule has 4 rings (SSSR count). The Labute approximate surface area is 207 Å². The van der Waals surface area contributed by atoms with E-state index in [2.05, 4.69) is 46.3 Å². The first-order chi connectivity index (χ1) is 17.0. The predicted molar refractivity (Wildman–Crippen MR) is 138 cm³/mol. The molecular formula is C28H33N5O2. The van der Waals surface area contributed by atoms with Gasteiger partial charge in [-0.05, 0) is 44.0 Å². The summed E-state index contributed by atoms with van der Waals surface area (Å²) in [6.45, 7) is 9.23. The van der Waals surface area contributed by atoms with Crippen LogP contribution >= 0.6 is 0 Å². The van der Waals surface area contributed by atoms with Gasteiger partial charge in [-0.1, -0.05) is 55.0 Å². The highest BCUT2D eigenvalue weighted by atomic mass is 16.2. The summed E-state index contributed by atoms with van der Waals surface area (Å²) in [5.41, 5.74) is 4.68. The fourth-order valence-corrected chi connectivity index (χ4v) is 4.33. The van der Waals surface area contributed by atoms with Gasteiger partial charge >= 0.3 is 0 Å². The monoisotopic (exact) mass is 471 g/mol. The second-order valence-electron chi connectivity index (χ2n) is 9.05. The summed E-state index contributed by atoms with van der Waals surface area (Å²) in [4.78, 5) is 31.8. The first-order valence-corrected chi connectivity index (χ1v) is 12.2. The van der Waals surface area contributed by atoms with Crippen molar-refractivity contribution in [3.05, 3.63) is 77.4 Å². The Balaban J connectivity index is 1.34. The molecule has 0 aliphatic carbocycles. The molecule has 7 heteroatoms. The first-order valence-electron chi connectivity index (χ1n) is 12.2. The van der Waals surface area contributed by atoms with Crippen LogP contribution in [0.3, 0.4) is 0 Å². The molecule has 0 saturated carbocycles. The summed E-state index contributed by atoms with van der Waals surface area (Å²) in [6.07, 6.45) is 0.802. The van der Waals surface area contributed by atoms with E-state index in [4.69, 9.17) is 0 Å². The van der Waals surface area contributed by atoms with Crippen LogP contribution in [0.4, 0.5) is 5.82 Å². The van der Waals surface area contributed by atoms with Crippen LogP contribution < -0.4 is 4.90 Å². The van der Waals surface area contributed by atoms with E-state index in [9.17, 15) is 9.59 Å². The zero-order chi connectivity index (χ0) is 24.8. The average Bonchev–Trinajstić information content (AvgIpc) is 2.89. The SMILES string of the molecule is CCCN(CC(=O)N1CCN(c2ccc(-c3ccc(C)cc3)nn2)CC1)C(=O)c1ccccc1C. The van der Waals surface area contributed by atoms with Gasteiger partial charge in [0.25, 0.3) is 5.91 Å². The van der Waals surface area contributed by atoms with E-state index in [-0.39, 0.29) is 18.4 Å². The molecule has 0 N–H and O–H groups in total. The van der Waals surface area contributed by atoms with Crippen molar-refractivity contribution in [3.63, 3.8) is 0 Å². The number of carbonyl (C=O) groups excluding carboxylic acids is 2. The van der Waals surface area contributed by atoms with E-state index in [1.165, 1.54) is 5.56 Å².